The lowest BCUT2D eigenvalue weighted by atomic mass is 10.1. The summed E-state index contributed by atoms with van der Waals surface area (Å²) < 4.78 is 0. The van der Waals surface area contributed by atoms with Crippen molar-refractivity contribution < 1.29 is 0 Å². The monoisotopic (exact) mass is 276 g/mol. The molecule has 0 saturated heterocycles. The van der Waals surface area contributed by atoms with Crippen LogP contribution in [0.4, 0.5) is 11.8 Å². The summed E-state index contributed by atoms with van der Waals surface area (Å²) in [6.07, 6.45) is 1.75. The van der Waals surface area contributed by atoms with Crippen LogP contribution in [0.5, 0.6) is 0 Å². The lowest BCUT2D eigenvalue weighted by molar-refractivity contribution is 0.823. The minimum Gasteiger partial charge on any atom is -0.383 e. The number of hydrogen-bond donors (Lipinski definition) is 1. The molecular formula is C14H17ClN4. The summed E-state index contributed by atoms with van der Waals surface area (Å²) in [7, 11) is 0. The number of rotatable bonds is 4. The summed E-state index contributed by atoms with van der Waals surface area (Å²) in [4.78, 5) is 10.8. The zero-order valence-electron chi connectivity index (χ0n) is 11.1. The molecule has 1 aromatic carbocycles. The number of benzene rings is 1. The van der Waals surface area contributed by atoms with Crippen molar-refractivity contribution in [2.24, 2.45) is 0 Å². The highest BCUT2D eigenvalue weighted by Crippen LogP contribution is 2.27. The van der Waals surface area contributed by atoms with E-state index in [2.05, 4.69) is 28.7 Å². The Balaban J connectivity index is 2.39. The van der Waals surface area contributed by atoms with Gasteiger partial charge in [0.2, 0.25) is 5.95 Å². The van der Waals surface area contributed by atoms with E-state index < -0.39 is 0 Å². The lowest BCUT2D eigenvalue weighted by Crippen LogP contribution is -2.24. The number of aromatic nitrogens is 2. The number of anilines is 2. The van der Waals surface area contributed by atoms with E-state index in [1.165, 1.54) is 0 Å². The Morgan fingerprint density at radius 2 is 2.00 bits per heavy atom. The summed E-state index contributed by atoms with van der Waals surface area (Å²) in [6, 6.07) is 7.51. The van der Waals surface area contributed by atoms with Crippen LogP contribution in [0.2, 0.25) is 5.02 Å². The number of nitrogens with zero attached hydrogens (tertiary/aromatic N) is 3. The molecule has 100 valence electrons. The molecule has 0 fully saturated rings. The summed E-state index contributed by atoms with van der Waals surface area (Å²) in [5, 5.41) is 0.671. The molecule has 19 heavy (non-hydrogen) atoms. The zero-order valence-corrected chi connectivity index (χ0v) is 11.9. The molecule has 0 unspecified atom stereocenters. The maximum atomic E-state index is 6.03. The minimum absolute atomic E-state index is 0.471. The zero-order chi connectivity index (χ0) is 13.8. The molecule has 0 radical (unpaired) electrons. The van der Waals surface area contributed by atoms with Gasteiger partial charge < -0.3 is 10.6 Å². The standard InChI is InChI=1S/C14H17ClN4/c1-3-19(4-2)14-17-9-12(13(16)18-14)10-6-5-7-11(15)8-10/h5-9H,3-4H2,1-2H3,(H2,16,17,18). The van der Waals surface area contributed by atoms with Gasteiger partial charge in [-0.05, 0) is 31.5 Å². The molecule has 0 spiro atoms. The highest BCUT2D eigenvalue weighted by atomic mass is 35.5. The van der Waals surface area contributed by atoms with Crippen LogP contribution >= 0.6 is 11.6 Å². The van der Waals surface area contributed by atoms with Gasteiger partial charge in [0.25, 0.3) is 0 Å². The van der Waals surface area contributed by atoms with Crippen LogP contribution in [0.1, 0.15) is 13.8 Å². The highest BCUT2D eigenvalue weighted by molar-refractivity contribution is 6.30. The molecule has 0 aliphatic carbocycles. The third-order valence-electron chi connectivity index (χ3n) is 2.99. The summed E-state index contributed by atoms with van der Waals surface area (Å²) >= 11 is 5.98. The van der Waals surface area contributed by atoms with Gasteiger partial charge in [-0.3, -0.25) is 0 Å². The van der Waals surface area contributed by atoms with E-state index in [-0.39, 0.29) is 0 Å². The molecule has 5 heteroatoms. The van der Waals surface area contributed by atoms with Crippen molar-refractivity contribution in [2.45, 2.75) is 13.8 Å². The Kier molecular flexibility index (Phi) is 4.22. The number of nitrogens with two attached hydrogens (primary N) is 1. The molecule has 0 aliphatic rings. The van der Waals surface area contributed by atoms with E-state index in [1.807, 2.05) is 24.3 Å². The third kappa shape index (κ3) is 2.96. The lowest BCUT2D eigenvalue weighted by Gasteiger charge is -2.19. The fourth-order valence-corrected chi connectivity index (χ4v) is 2.11. The summed E-state index contributed by atoms with van der Waals surface area (Å²) in [5.41, 5.74) is 7.76. The summed E-state index contributed by atoms with van der Waals surface area (Å²) in [5.74, 6) is 1.13. The van der Waals surface area contributed by atoms with Gasteiger partial charge in [0.15, 0.2) is 0 Å². The van der Waals surface area contributed by atoms with Gasteiger partial charge in [-0.15, -0.1) is 0 Å². The summed E-state index contributed by atoms with van der Waals surface area (Å²) in [6.45, 7) is 5.83. The first-order valence-corrected chi connectivity index (χ1v) is 6.66. The quantitative estimate of drug-likeness (QED) is 0.931. The van der Waals surface area contributed by atoms with E-state index in [0.29, 0.717) is 16.8 Å². The van der Waals surface area contributed by atoms with Crippen molar-refractivity contribution >= 4 is 23.4 Å². The number of nitrogen functional groups attached to an aromatic ring is 1. The molecule has 4 nitrogen and oxygen atoms in total. The SMILES string of the molecule is CCN(CC)c1ncc(-c2cccc(Cl)c2)c(N)n1. The van der Waals surface area contributed by atoms with Gasteiger partial charge in [0.05, 0.1) is 0 Å². The topological polar surface area (TPSA) is 55.0 Å². The van der Waals surface area contributed by atoms with Crippen LogP contribution in [-0.2, 0) is 0 Å². The molecule has 1 aromatic heterocycles. The van der Waals surface area contributed by atoms with Gasteiger partial charge in [-0.1, -0.05) is 23.7 Å². The van der Waals surface area contributed by atoms with Crippen LogP contribution in [0.3, 0.4) is 0 Å². The van der Waals surface area contributed by atoms with Crippen molar-refractivity contribution in [3.63, 3.8) is 0 Å². The van der Waals surface area contributed by atoms with Crippen LogP contribution in [-0.4, -0.2) is 23.1 Å². The van der Waals surface area contributed by atoms with Crippen LogP contribution < -0.4 is 10.6 Å². The molecule has 2 aromatic rings. The second-order valence-electron chi connectivity index (χ2n) is 4.15. The molecule has 1 heterocycles. The first kappa shape index (κ1) is 13.6. The third-order valence-corrected chi connectivity index (χ3v) is 3.22. The molecular weight excluding hydrogens is 260 g/mol. The average Bonchev–Trinajstić information content (AvgIpc) is 2.40. The molecule has 0 amide bonds. The smallest absolute Gasteiger partial charge is 0.227 e. The van der Waals surface area contributed by atoms with Crippen LogP contribution in [0.15, 0.2) is 30.5 Å². The Morgan fingerprint density at radius 3 is 2.58 bits per heavy atom. The predicted molar refractivity (Wildman–Crippen MR) is 80.5 cm³/mol. The van der Waals surface area contributed by atoms with Crippen molar-refractivity contribution in [2.75, 3.05) is 23.7 Å². The Labute approximate surface area is 118 Å². The van der Waals surface area contributed by atoms with E-state index in [1.54, 1.807) is 6.20 Å². The highest BCUT2D eigenvalue weighted by Gasteiger charge is 2.10. The van der Waals surface area contributed by atoms with E-state index in [0.717, 1.165) is 24.2 Å². The molecule has 2 N–H and O–H groups in total. The fraction of sp³-hybridized carbons (Fsp3) is 0.286. The molecule has 2 rings (SSSR count). The molecule has 0 bridgehead atoms. The van der Waals surface area contributed by atoms with Gasteiger partial charge in [-0.2, -0.15) is 4.98 Å². The van der Waals surface area contributed by atoms with Gasteiger partial charge >= 0.3 is 0 Å². The Bertz CT molecular complexity index is 567. The molecule has 0 atom stereocenters. The predicted octanol–water partition coefficient (Wildman–Crippen LogP) is 3.23. The van der Waals surface area contributed by atoms with E-state index in [9.17, 15) is 0 Å². The Hall–Kier alpha value is -1.81. The van der Waals surface area contributed by atoms with Crippen LogP contribution in [0.25, 0.3) is 11.1 Å². The molecule has 0 saturated carbocycles. The van der Waals surface area contributed by atoms with E-state index >= 15 is 0 Å². The van der Waals surface area contributed by atoms with Crippen molar-refractivity contribution in [1.82, 2.24) is 9.97 Å². The maximum absolute atomic E-state index is 6.03. The van der Waals surface area contributed by atoms with Gasteiger partial charge in [0, 0.05) is 29.9 Å². The Morgan fingerprint density at radius 1 is 1.26 bits per heavy atom. The van der Waals surface area contributed by atoms with Gasteiger partial charge in [-0.25, -0.2) is 4.98 Å². The largest absolute Gasteiger partial charge is 0.383 e. The van der Waals surface area contributed by atoms with Crippen molar-refractivity contribution in [3.8, 4) is 11.1 Å². The second kappa shape index (κ2) is 5.89. The average molecular weight is 277 g/mol. The van der Waals surface area contributed by atoms with Crippen molar-refractivity contribution in [3.05, 3.63) is 35.5 Å². The maximum Gasteiger partial charge on any atom is 0.227 e. The van der Waals surface area contributed by atoms with E-state index in [4.69, 9.17) is 17.3 Å². The molecule has 0 aliphatic heterocycles. The first-order valence-electron chi connectivity index (χ1n) is 6.29. The normalized spacial score (nSPS) is 10.5. The van der Waals surface area contributed by atoms with Crippen LogP contribution in [0, 0.1) is 0 Å². The number of hydrogen-bond acceptors (Lipinski definition) is 4. The second-order valence-corrected chi connectivity index (χ2v) is 4.59. The number of halogens is 1. The minimum atomic E-state index is 0.471. The van der Waals surface area contributed by atoms with Crippen molar-refractivity contribution in [1.29, 1.82) is 0 Å². The fourth-order valence-electron chi connectivity index (χ4n) is 1.92. The first-order chi connectivity index (χ1) is 9.15. The van der Waals surface area contributed by atoms with Gasteiger partial charge in [0.1, 0.15) is 5.82 Å².